The summed E-state index contributed by atoms with van der Waals surface area (Å²) in [4.78, 5) is 19.2. The molecule has 1 heterocycles. The maximum absolute atomic E-state index is 11.4. The molecule has 2 rings (SSSR count). The van der Waals surface area contributed by atoms with Crippen LogP contribution in [0.3, 0.4) is 0 Å². The summed E-state index contributed by atoms with van der Waals surface area (Å²) in [6, 6.07) is 5.19. The van der Waals surface area contributed by atoms with Crippen molar-refractivity contribution in [3.05, 3.63) is 35.2 Å². The summed E-state index contributed by atoms with van der Waals surface area (Å²) in [5.41, 5.74) is 1.22. The summed E-state index contributed by atoms with van der Waals surface area (Å²) in [7, 11) is 1.58. The third kappa shape index (κ3) is 1.89. The molecule has 0 spiro atoms. The highest BCUT2D eigenvalue weighted by atomic mass is 35.5. The van der Waals surface area contributed by atoms with E-state index in [0.717, 1.165) is 5.39 Å². The van der Waals surface area contributed by atoms with Crippen LogP contribution in [0, 0.1) is 0 Å². The summed E-state index contributed by atoms with van der Waals surface area (Å²) in [5.74, 6) is -0.147. The van der Waals surface area contributed by atoms with Gasteiger partial charge in [-0.3, -0.25) is 4.79 Å². The van der Waals surface area contributed by atoms with E-state index in [-0.39, 0.29) is 11.2 Å². The fourth-order valence-electron chi connectivity index (χ4n) is 1.29. The highest BCUT2D eigenvalue weighted by Crippen LogP contribution is 2.14. The molecule has 0 aliphatic heterocycles. The van der Waals surface area contributed by atoms with Crippen LogP contribution in [0.25, 0.3) is 10.9 Å². The zero-order chi connectivity index (χ0) is 10.8. The largest absolute Gasteiger partial charge is 0.355 e. The predicted molar refractivity (Wildman–Crippen MR) is 57.9 cm³/mol. The second-order valence-electron chi connectivity index (χ2n) is 2.99. The molecule has 1 aromatic carbocycles. The van der Waals surface area contributed by atoms with Crippen LogP contribution in [0.15, 0.2) is 24.4 Å². The first-order valence-electron chi connectivity index (χ1n) is 4.35. The molecule has 0 unspecified atom stereocenters. The van der Waals surface area contributed by atoms with E-state index in [4.69, 9.17) is 11.6 Å². The number of amides is 1. The average Bonchev–Trinajstić information content (AvgIpc) is 2.27. The zero-order valence-electron chi connectivity index (χ0n) is 7.99. The number of hydrogen-bond donors (Lipinski definition) is 1. The Morgan fingerprint density at radius 1 is 1.47 bits per heavy atom. The van der Waals surface area contributed by atoms with Gasteiger partial charge >= 0.3 is 0 Å². The Bertz CT molecular complexity index is 527. The zero-order valence-corrected chi connectivity index (χ0v) is 8.75. The second kappa shape index (κ2) is 3.82. The fourth-order valence-corrected chi connectivity index (χ4v) is 1.43. The van der Waals surface area contributed by atoms with Gasteiger partial charge in [-0.15, -0.1) is 0 Å². The first-order chi connectivity index (χ1) is 7.20. The molecule has 0 fully saturated rings. The molecule has 1 N–H and O–H groups in total. The number of fused-ring (bicyclic) bond motifs is 1. The summed E-state index contributed by atoms with van der Waals surface area (Å²) in [6.45, 7) is 0. The topological polar surface area (TPSA) is 54.9 Å². The summed E-state index contributed by atoms with van der Waals surface area (Å²) in [6.07, 6.45) is 1.62. The molecule has 1 amide bonds. The van der Waals surface area contributed by atoms with Crippen molar-refractivity contribution < 1.29 is 4.79 Å². The number of halogens is 1. The van der Waals surface area contributed by atoms with E-state index < -0.39 is 0 Å². The molecule has 0 aliphatic rings. The molecule has 0 saturated heterocycles. The third-order valence-corrected chi connectivity index (χ3v) is 2.22. The van der Waals surface area contributed by atoms with Gasteiger partial charge in [0.1, 0.15) is 0 Å². The van der Waals surface area contributed by atoms with Gasteiger partial charge < -0.3 is 5.32 Å². The first kappa shape index (κ1) is 9.86. The van der Waals surface area contributed by atoms with Crippen molar-refractivity contribution in [2.75, 3.05) is 7.05 Å². The Morgan fingerprint density at radius 3 is 3.00 bits per heavy atom. The Labute approximate surface area is 91.3 Å². The number of nitrogens with zero attached hydrogens (tertiary/aromatic N) is 2. The number of carbonyl (C=O) groups is 1. The molecular formula is C10H8ClN3O. The van der Waals surface area contributed by atoms with Crippen LogP contribution in [0.4, 0.5) is 0 Å². The molecule has 0 radical (unpaired) electrons. The van der Waals surface area contributed by atoms with Crippen molar-refractivity contribution in [1.82, 2.24) is 15.3 Å². The van der Waals surface area contributed by atoms with Crippen LogP contribution in [0.5, 0.6) is 0 Å². The normalized spacial score (nSPS) is 10.3. The molecule has 0 aliphatic carbocycles. The number of carbonyl (C=O) groups excluding carboxylic acids is 1. The van der Waals surface area contributed by atoms with Gasteiger partial charge in [-0.05, 0) is 23.7 Å². The van der Waals surface area contributed by atoms with Crippen molar-refractivity contribution >= 4 is 28.4 Å². The van der Waals surface area contributed by atoms with Crippen LogP contribution in [-0.4, -0.2) is 22.9 Å². The molecular weight excluding hydrogens is 214 g/mol. The Balaban J connectivity index is 2.59. The minimum atomic E-state index is -0.147. The van der Waals surface area contributed by atoms with Crippen molar-refractivity contribution in [1.29, 1.82) is 0 Å². The molecule has 15 heavy (non-hydrogen) atoms. The van der Waals surface area contributed by atoms with Crippen molar-refractivity contribution in [2.45, 2.75) is 0 Å². The minimum absolute atomic E-state index is 0.147. The number of benzene rings is 1. The summed E-state index contributed by atoms with van der Waals surface area (Å²) in [5, 5.41) is 3.58. The molecule has 0 saturated carbocycles. The van der Waals surface area contributed by atoms with E-state index in [2.05, 4.69) is 15.3 Å². The van der Waals surface area contributed by atoms with E-state index in [1.807, 2.05) is 0 Å². The van der Waals surface area contributed by atoms with E-state index >= 15 is 0 Å². The Hall–Kier alpha value is -1.68. The molecule has 5 heteroatoms. The van der Waals surface area contributed by atoms with Gasteiger partial charge in [-0.2, -0.15) is 0 Å². The van der Waals surface area contributed by atoms with E-state index in [1.165, 1.54) is 0 Å². The predicted octanol–water partition coefficient (Wildman–Crippen LogP) is 1.64. The molecule has 0 atom stereocenters. The van der Waals surface area contributed by atoms with Crippen LogP contribution >= 0.6 is 11.6 Å². The number of hydrogen-bond acceptors (Lipinski definition) is 3. The number of aromatic nitrogens is 2. The Kier molecular flexibility index (Phi) is 2.51. The van der Waals surface area contributed by atoms with Crippen LogP contribution in [0.2, 0.25) is 5.28 Å². The molecule has 4 nitrogen and oxygen atoms in total. The molecule has 1 aromatic heterocycles. The first-order valence-corrected chi connectivity index (χ1v) is 4.73. The van der Waals surface area contributed by atoms with Crippen molar-refractivity contribution in [3.8, 4) is 0 Å². The van der Waals surface area contributed by atoms with Crippen LogP contribution in [0.1, 0.15) is 10.4 Å². The monoisotopic (exact) mass is 221 g/mol. The maximum atomic E-state index is 11.4. The number of rotatable bonds is 1. The SMILES string of the molecule is CNC(=O)c1ccc2cnc(Cl)nc2c1. The lowest BCUT2D eigenvalue weighted by atomic mass is 10.1. The van der Waals surface area contributed by atoms with Crippen molar-refractivity contribution in [3.63, 3.8) is 0 Å². The van der Waals surface area contributed by atoms with Crippen LogP contribution in [-0.2, 0) is 0 Å². The van der Waals surface area contributed by atoms with E-state index in [0.29, 0.717) is 11.1 Å². The van der Waals surface area contributed by atoms with Crippen LogP contribution < -0.4 is 5.32 Å². The molecule has 0 bridgehead atoms. The lowest BCUT2D eigenvalue weighted by Crippen LogP contribution is -2.17. The minimum Gasteiger partial charge on any atom is -0.355 e. The summed E-state index contributed by atoms with van der Waals surface area (Å²) >= 11 is 5.66. The van der Waals surface area contributed by atoms with E-state index in [9.17, 15) is 4.79 Å². The van der Waals surface area contributed by atoms with Crippen molar-refractivity contribution in [2.24, 2.45) is 0 Å². The van der Waals surface area contributed by atoms with Gasteiger partial charge in [0.25, 0.3) is 5.91 Å². The smallest absolute Gasteiger partial charge is 0.251 e. The highest BCUT2D eigenvalue weighted by molar-refractivity contribution is 6.28. The molecule has 76 valence electrons. The van der Waals surface area contributed by atoms with Gasteiger partial charge in [0, 0.05) is 24.2 Å². The van der Waals surface area contributed by atoms with E-state index in [1.54, 1.807) is 31.4 Å². The van der Waals surface area contributed by atoms with Gasteiger partial charge in [-0.1, -0.05) is 6.07 Å². The van der Waals surface area contributed by atoms with Gasteiger partial charge in [0.2, 0.25) is 5.28 Å². The molecule has 2 aromatic rings. The standard InChI is InChI=1S/C10H8ClN3O/c1-12-9(15)6-2-3-7-5-13-10(11)14-8(7)4-6/h2-5H,1H3,(H,12,15). The fraction of sp³-hybridized carbons (Fsp3) is 0.100. The lowest BCUT2D eigenvalue weighted by molar-refractivity contribution is 0.0963. The van der Waals surface area contributed by atoms with Gasteiger partial charge in [0.05, 0.1) is 5.52 Å². The highest BCUT2D eigenvalue weighted by Gasteiger charge is 2.05. The average molecular weight is 222 g/mol. The van der Waals surface area contributed by atoms with Gasteiger partial charge in [-0.25, -0.2) is 9.97 Å². The number of nitrogens with one attached hydrogen (secondary N) is 1. The quantitative estimate of drug-likeness (QED) is 0.745. The lowest BCUT2D eigenvalue weighted by Gasteiger charge is -2.01. The van der Waals surface area contributed by atoms with Gasteiger partial charge in [0.15, 0.2) is 0 Å². The third-order valence-electron chi connectivity index (χ3n) is 2.04. The summed E-state index contributed by atoms with van der Waals surface area (Å²) < 4.78 is 0. The maximum Gasteiger partial charge on any atom is 0.251 e. The Morgan fingerprint density at radius 2 is 2.27 bits per heavy atom. The second-order valence-corrected chi connectivity index (χ2v) is 3.33.